The van der Waals surface area contributed by atoms with Gasteiger partial charge in [0.15, 0.2) is 5.69 Å². The average Bonchev–Trinajstić information content (AvgIpc) is 3.28. The lowest BCUT2D eigenvalue weighted by atomic mass is 9.79. The number of benzene rings is 1. The maximum Gasteiger partial charge on any atom is 0.272 e. The number of nitrogens with one attached hydrogen (secondary N) is 3. The van der Waals surface area contributed by atoms with Crippen molar-refractivity contribution in [3.8, 4) is 0 Å². The van der Waals surface area contributed by atoms with Crippen LogP contribution in [-0.4, -0.2) is 29.2 Å². The van der Waals surface area contributed by atoms with Crippen LogP contribution >= 0.6 is 0 Å². The number of aromatic nitrogens is 2. The summed E-state index contributed by atoms with van der Waals surface area (Å²) < 4.78 is 0. The van der Waals surface area contributed by atoms with Crippen LogP contribution in [-0.2, 0) is 18.4 Å². The first-order valence-electron chi connectivity index (χ1n) is 8.89. The molecule has 5 heteroatoms. The van der Waals surface area contributed by atoms with E-state index in [1.165, 1.54) is 18.4 Å². The maximum atomic E-state index is 12.7. The van der Waals surface area contributed by atoms with Crippen molar-refractivity contribution in [2.45, 2.75) is 44.1 Å². The number of rotatable bonds is 4. The number of H-pyrrole nitrogens is 1. The summed E-state index contributed by atoms with van der Waals surface area (Å²) in [7, 11) is 0. The molecule has 0 radical (unpaired) electrons. The molecule has 0 spiro atoms. The van der Waals surface area contributed by atoms with E-state index in [1.54, 1.807) is 0 Å². The van der Waals surface area contributed by atoms with Gasteiger partial charge in [-0.05, 0) is 18.4 Å². The molecular formula is C19H24N4O. The Morgan fingerprint density at radius 3 is 2.79 bits per heavy atom. The molecule has 0 bridgehead atoms. The highest BCUT2D eigenvalue weighted by Crippen LogP contribution is 2.40. The number of amides is 1. The second-order valence-electron chi connectivity index (χ2n) is 6.99. The van der Waals surface area contributed by atoms with E-state index < -0.39 is 0 Å². The number of carbonyl (C=O) groups is 1. The zero-order valence-corrected chi connectivity index (χ0v) is 13.9. The molecule has 1 aromatic heterocycles. The lowest BCUT2D eigenvalue weighted by molar-refractivity contribution is 0.0937. The zero-order chi connectivity index (χ0) is 16.4. The van der Waals surface area contributed by atoms with Crippen LogP contribution < -0.4 is 10.6 Å². The Kier molecular flexibility index (Phi) is 4.10. The van der Waals surface area contributed by atoms with Gasteiger partial charge in [-0.25, -0.2) is 0 Å². The van der Waals surface area contributed by atoms with E-state index in [2.05, 4.69) is 45.1 Å². The third kappa shape index (κ3) is 2.73. The largest absolute Gasteiger partial charge is 0.350 e. The number of aromatic amines is 1. The molecule has 1 aliphatic carbocycles. The maximum absolute atomic E-state index is 12.7. The van der Waals surface area contributed by atoms with Gasteiger partial charge in [0.25, 0.3) is 5.91 Å². The van der Waals surface area contributed by atoms with Gasteiger partial charge < -0.3 is 10.6 Å². The summed E-state index contributed by atoms with van der Waals surface area (Å²) in [4.78, 5) is 12.7. The Labute approximate surface area is 142 Å². The van der Waals surface area contributed by atoms with Gasteiger partial charge >= 0.3 is 0 Å². The van der Waals surface area contributed by atoms with Gasteiger partial charge in [-0.2, -0.15) is 5.10 Å². The van der Waals surface area contributed by atoms with Gasteiger partial charge in [0.2, 0.25) is 0 Å². The molecule has 0 unspecified atom stereocenters. The summed E-state index contributed by atoms with van der Waals surface area (Å²) in [6.07, 6.45) is 5.64. The Bertz CT molecular complexity index is 716. The third-order valence-corrected chi connectivity index (χ3v) is 5.56. The summed E-state index contributed by atoms with van der Waals surface area (Å²) in [6, 6.07) is 10.6. The molecule has 0 saturated heterocycles. The fourth-order valence-corrected chi connectivity index (χ4v) is 4.16. The van der Waals surface area contributed by atoms with Crippen LogP contribution in [0.25, 0.3) is 0 Å². The molecule has 2 aromatic rings. The molecule has 126 valence electrons. The van der Waals surface area contributed by atoms with Crippen LogP contribution in [0, 0.1) is 0 Å². The van der Waals surface area contributed by atoms with E-state index in [-0.39, 0.29) is 11.3 Å². The fraction of sp³-hybridized carbons (Fsp3) is 0.474. The summed E-state index contributed by atoms with van der Waals surface area (Å²) in [5, 5.41) is 13.8. The predicted octanol–water partition coefficient (Wildman–Crippen LogP) is 2.30. The van der Waals surface area contributed by atoms with Gasteiger partial charge in [-0.3, -0.25) is 9.89 Å². The highest BCUT2D eigenvalue weighted by molar-refractivity contribution is 5.94. The minimum Gasteiger partial charge on any atom is -0.350 e. The van der Waals surface area contributed by atoms with E-state index in [0.29, 0.717) is 12.2 Å². The van der Waals surface area contributed by atoms with E-state index in [9.17, 15) is 4.79 Å². The topological polar surface area (TPSA) is 69.8 Å². The predicted molar refractivity (Wildman–Crippen MR) is 92.9 cm³/mol. The fourth-order valence-electron chi connectivity index (χ4n) is 4.16. The lowest BCUT2D eigenvalue weighted by Crippen LogP contribution is -2.39. The van der Waals surface area contributed by atoms with E-state index >= 15 is 0 Å². The second kappa shape index (κ2) is 6.40. The quantitative estimate of drug-likeness (QED) is 0.808. The highest BCUT2D eigenvalue weighted by Gasteiger charge is 2.36. The van der Waals surface area contributed by atoms with Crippen LogP contribution in [0.2, 0.25) is 0 Å². The first-order chi connectivity index (χ1) is 11.8. The molecule has 0 atom stereocenters. The molecule has 1 saturated carbocycles. The number of hydrogen-bond acceptors (Lipinski definition) is 3. The molecule has 5 nitrogen and oxygen atoms in total. The van der Waals surface area contributed by atoms with Gasteiger partial charge in [-0.1, -0.05) is 43.2 Å². The highest BCUT2D eigenvalue weighted by atomic mass is 16.1. The Balaban J connectivity index is 1.51. The Morgan fingerprint density at radius 1 is 1.21 bits per heavy atom. The van der Waals surface area contributed by atoms with Gasteiger partial charge in [0, 0.05) is 42.7 Å². The monoisotopic (exact) mass is 324 g/mol. The van der Waals surface area contributed by atoms with Crippen LogP contribution in [0.3, 0.4) is 0 Å². The van der Waals surface area contributed by atoms with E-state index in [1.807, 2.05) is 6.07 Å². The summed E-state index contributed by atoms with van der Waals surface area (Å²) in [5.74, 6) is -0.0570. The van der Waals surface area contributed by atoms with E-state index in [0.717, 1.165) is 43.6 Å². The number of hydrogen-bond donors (Lipinski definition) is 3. The molecule has 1 aliphatic heterocycles. The van der Waals surface area contributed by atoms with Crippen molar-refractivity contribution in [3.05, 3.63) is 52.8 Å². The van der Waals surface area contributed by atoms with Crippen LogP contribution in [0.4, 0.5) is 0 Å². The van der Waals surface area contributed by atoms with Crippen molar-refractivity contribution in [1.82, 2.24) is 20.8 Å². The molecule has 1 fully saturated rings. The average molecular weight is 324 g/mol. The summed E-state index contributed by atoms with van der Waals surface area (Å²) in [6.45, 7) is 2.34. The van der Waals surface area contributed by atoms with Crippen molar-refractivity contribution in [3.63, 3.8) is 0 Å². The Hall–Kier alpha value is -2.14. The molecule has 4 rings (SSSR count). The third-order valence-electron chi connectivity index (χ3n) is 5.56. The smallest absolute Gasteiger partial charge is 0.272 e. The minimum atomic E-state index is -0.0570. The van der Waals surface area contributed by atoms with Crippen LogP contribution in [0.15, 0.2) is 30.3 Å². The number of fused-ring (bicyclic) bond motifs is 1. The molecule has 24 heavy (non-hydrogen) atoms. The zero-order valence-electron chi connectivity index (χ0n) is 13.9. The number of nitrogens with zero attached hydrogens (tertiary/aromatic N) is 1. The normalized spacial score (nSPS) is 19.0. The summed E-state index contributed by atoms with van der Waals surface area (Å²) in [5.41, 5.74) is 4.09. The van der Waals surface area contributed by atoms with Crippen molar-refractivity contribution in [2.75, 3.05) is 13.1 Å². The summed E-state index contributed by atoms with van der Waals surface area (Å²) >= 11 is 0. The molecular weight excluding hydrogens is 300 g/mol. The minimum absolute atomic E-state index is 0.0570. The van der Waals surface area contributed by atoms with Crippen molar-refractivity contribution >= 4 is 5.91 Å². The van der Waals surface area contributed by atoms with Gasteiger partial charge in [-0.15, -0.1) is 0 Å². The van der Waals surface area contributed by atoms with Crippen LogP contribution in [0.1, 0.15) is 53.0 Å². The lowest BCUT2D eigenvalue weighted by Gasteiger charge is -2.30. The molecule has 3 N–H and O–H groups in total. The van der Waals surface area contributed by atoms with Crippen molar-refractivity contribution < 1.29 is 4.79 Å². The molecule has 2 heterocycles. The first-order valence-corrected chi connectivity index (χ1v) is 8.89. The standard InChI is InChI=1S/C19H24N4O/c24-18(17-15-12-20-11-8-16(15)22-23-17)21-13-19(9-4-5-10-19)14-6-2-1-3-7-14/h1-3,6-7,20H,4-5,8-13H2,(H,21,24)(H,22,23). The van der Waals surface area contributed by atoms with Gasteiger partial charge in [0.05, 0.1) is 0 Å². The van der Waals surface area contributed by atoms with E-state index in [4.69, 9.17) is 0 Å². The molecule has 1 aromatic carbocycles. The molecule has 2 aliphatic rings. The van der Waals surface area contributed by atoms with Crippen molar-refractivity contribution in [1.29, 1.82) is 0 Å². The van der Waals surface area contributed by atoms with Gasteiger partial charge in [0.1, 0.15) is 0 Å². The SMILES string of the molecule is O=C(NCC1(c2ccccc2)CCCC1)c1n[nH]c2c1CNCC2. The second-order valence-corrected chi connectivity index (χ2v) is 6.99. The Morgan fingerprint density at radius 2 is 2.00 bits per heavy atom. The van der Waals surface area contributed by atoms with Crippen molar-refractivity contribution in [2.24, 2.45) is 0 Å². The molecule has 1 amide bonds. The van der Waals surface area contributed by atoms with Crippen LogP contribution in [0.5, 0.6) is 0 Å². The number of carbonyl (C=O) groups excluding carboxylic acids is 1. The first kappa shape index (κ1) is 15.4.